The molecule has 35 heavy (non-hydrogen) atoms. The molecule has 2 atom stereocenters. The number of amides is 1. The molecule has 0 aliphatic heterocycles. The van der Waals surface area contributed by atoms with Crippen LogP contribution in [0.3, 0.4) is 0 Å². The molecule has 2 fully saturated rings. The number of aromatic nitrogens is 6. The summed E-state index contributed by atoms with van der Waals surface area (Å²) in [7, 11) is 0. The Kier molecular flexibility index (Phi) is 4.63. The molecule has 9 heteroatoms. The first-order chi connectivity index (χ1) is 17.1. The van der Waals surface area contributed by atoms with Gasteiger partial charge in [-0.3, -0.25) is 14.5 Å². The van der Waals surface area contributed by atoms with Crippen molar-refractivity contribution in [1.29, 1.82) is 0 Å². The van der Waals surface area contributed by atoms with Crippen molar-refractivity contribution < 1.29 is 4.79 Å². The van der Waals surface area contributed by atoms with E-state index in [9.17, 15) is 4.79 Å². The van der Waals surface area contributed by atoms with E-state index in [0.29, 0.717) is 23.3 Å². The fourth-order valence-electron chi connectivity index (χ4n) is 4.78. The second-order valence-corrected chi connectivity index (χ2v) is 9.93. The van der Waals surface area contributed by atoms with Gasteiger partial charge in [-0.2, -0.15) is 5.10 Å². The van der Waals surface area contributed by atoms with Crippen LogP contribution >= 0.6 is 11.6 Å². The van der Waals surface area contributed by atoms with Crippen LogP contribution in [0, 0.1) is 5.92 Å². The molecule has 2 unspecified atom stereocenters. The summed E-state index contributed by atoms with van der Waals surface area (Å²) in [5, 5.41) is 9.12. The number of halogens is 1. The highest BCUT2D eigenvalue weighted by atomic mass is 35.5. The number of fused-ring (bicyclic) bond motifs is 2. The highest BCUT2D eigenvalue weighted by Gasteiger charge is 2.45. The Morgan fingerprint density at radius 1 is 1.09 bits per heavy atom. The zero-order valence-corrected chi connectivity index (χ0v) is 19.6. The summed E-state index contributed by atoms with van der Waals surface area (Å²) >= 11 is 6.08. The predicted molar refractivity (Wildman–Crippen MR) is 133 cm³/mol. The number of imidazole rings is 1. The van der Waals surface area contributed by atoms with Gasteiger partial charge in [0.1, 0.15) is 11.5 Å². The van der Waals surface area contributed by atoms with E-state index < -0.39 is 0 Å². The van der Waals surface area contributed by atoms with E-state index in [1.807, 2.05) is 23.0 Å². The number of anilines is 1. The van der Waals surface area contributed by atoms with E-state index in [2.05, 4.69) is 49.3 Å². The number of hydrogen-bond acceptors (Lipinski definition) is 5. The smallest absolute Gasteiger partial charge is 0.229 e. The fourth-order valence-corrected chi connectivity index (χ4v) is 4.95. The van der Waals surface area contributed by atoms with Crippen LogP contribution in [-0.2, 0) is 11.3 Å². The predicted octanol–water partition coefficient (Wildman–Crippen LogP) is 4.80. The molecule has 0 aromatic carbocycles. The van der Waals surface area contributed by atoms with Crippen LogP contribution in [-0.4, -0.2) is 35.0 Å². The molecule has 2 saturated carbocycles. The normalized spacial score (nSPS) is 19.3. The Morgan fingerprint density at radius 2 is 1.97 bits per heavy atom. The summed E-state index contributed by atoms with van der Waals surface area (Å²) in [6, 6.07) is 9.68. The summed E-state index contributed by atoms with van der Waals surface area (Å²) in [4.78, 5) is 26.4. The molecule has 1 amide bonds. The molecular formula is C26H22ClN7O. The van der Waals surface area contributed by atoms with Gasteiger partial charge in [0.15, 0.2) is 0 Å². The molecule has 2 aliphatic carbocycles. The maximum atomic E-state index is 12.9. The molecule has 2 aliphatic rings. The van der Waals surface area contributed by atoms with Crippen molar-refractivity contribution in [3.63, 3.8) is 0 Å². The summed E-state index contributed by atoms with van der Waals surface area (Å²) in [5.41, 5.74) is 4.87. The number of nitrogens with one attached hydrogen (secondary N) is 1. The van der Waals surface area contributed by atoms with Gasteiger partial charge in [0, 0.05) is 53.5 Å². The van der Waals surface area contributed by atoms with E-state index in [1.165, 1.54) is 18.4 Å². The largest absolute Gasteiger partial charge is 0.310 e. The molecule has 5 heterocycles. The van der Waals surface area contributed by atoms with Gasteiger partial charge in [0.25, 0.3) is 0 Å². The van der Waals surface area contributed by atoms with Crippen LogP contribution in [0.25, 0.3) is 16.6 Å². The van der Waals surface area contributed by atoms with Crippen molar-refractivity contribution in [1.82, 2.24) is 29.1 Å². The molecule has 0 spiro atoms. The number of carbonyl (C=O) groups is 1. The van der Waals surface area contributed by atoms with Crippen molar-refractivity contribution >= 4 is 39.9 Å². The molecule has 0 bridgehead atoms. The standard InChI is InChI=1S/C26H22ClN7O/c27-17-5-7-28-23(9-17)19-10-20(19)26(35)31-25-21-14-34(32-22(21)6-8-29-25)13-18-12-33-11-16(15-1-2-15)3-4-24(33)30-18/h3-9,11-12,14-15,19-20H,1-2,10,13H2,(H,29,31,35). The highest BCUT2D eigenvalue weighted by Crippen LogP contribution is 2.47. The molecule has 0 saturated heterocycles. The zero-order chi connectivity index (χ0) is 23.5. The third-order valence-electron chi connectivity index (χ3n) is 6.87. The molecule has 8 nitrogen and oxygen atoms in total. The van der Waals surface area contributed by atoms with Crippen molar-refractivity contribution in [2.24, 2.45) is 5.92 Å². The molecule has 7 rings (SSSR count). The van der Waals surface area contributed by atoms with Gasteiger partial charge < -0.3 is 9.72 Å². The van der Waals surface area contributed by atoms with E-state index in [4.69, 9.17) is 16.6 Å². The maximum absolute atomic E-state index is 12.9. The zero-order valence-electron chi connectivity index (χ0n) is 18.8. The van der Waals surface area contributed by atoms with E-state index in [1.54, 1.807) is 18.5 Å². The number of rotatable bonds is 6. The topological polar surface area (TPSA) is 90.0 Å². The summed E-state index contributed by atoms with van der Waals surface area (Å²) in [5.74, 6) is 1.12. The van der Waals surface area contributed by atoms with E-state index >= 15 is 0 Å². The summed E-state index contributed by atoms with van der Waals surface area (Å²) in [6.07, 6.45) is 12.8. The lowest BCUT2D eigenvalue weighted by molar-refractivity contribution is -0.117. The van der Waals surface area contributed by atoms with Crippen molar-refractivity contribution in [3.8, 4) is 0 Å². The third kappa shape index (κ3) is 3.93. The third-order valence-corrected chi connectivity index (χ3v) is 7.10. The quantitative estimate of drug-likeness (QED) is 0.375. The number of carbonyl (C=O) groups excluding carboxylic acids is 1. The van der Waals surface area contributed by atoms with Gasteiger partial charge in [-0.05, 0) is 55.0 Å². The van der Waals surface area contributed by atoms with Crippen molar-refractivity contribution in [2.75, 3.05) is 5.32 Å². The summed E-state index contributed by atoms with van der Waals surface area (Å²) < 4.78 is 3.95. The molecular weight excluding hydrogens is 462 g/mol. The van der Waals surface area contributed by atoms with Crippen LogP contribution in [0.2, 0.25) is 5.02 Å². The Morgan fingerprint density at radius 3 is 2.83 bits per heavy atom. The van der Waals surface area contributed by atoms with Crippen LogP contribution in [0.15, 0.2) is 61.3 Å². The molecule has 1 N–H and O–H groups in total. The number of pyridine rings is 3. The highest BCUT2D eigenvalue weighted by molar-refractivity contribution is 6.30. The van der Waals surface area contributed by atoms with Gasteiger partial charge in [0.05, 0.1) is 23.1 Å². The molecule has 0 radical (unpaired) electrons. The second kappa shape index (κ2) is 7.88. The van der Waals surface area contributed by atoms with Crippen LogP contribution in [0.5, 0.6) is 0 Å². The minimum atomic E-state index is -0.133. The van der Waals surface area contributed by atoms with Gasteiger partial charge in [-0.1, -0.05) is 17.7 Å². The van der Waals surface area contributed by atoms with Crippen LogP contribution in [0.4, 0.5) is 5.82 Å². The Balaban J connectivity index is 1.09. The Labute approximate surface area is 206 Å². The molecule has 174 valence electrons. The van der Waals surface area contributed by atoms with Crippen LogP contribution < -0.4 is 5.32 Å². The Hall–Kier alpha value is -3.78. The van der Waals surface area contributed by atoms with Gasteiger partial charge in [-0.15, -0.1) is 0 Å². The maximum Gasteiger partial charge on any atom is 0.229 e. The average molecular weight is 484 g/mol. The van der Waals surface area contributed by atoms with Gasteiger partial charge >= 0.3 is 0 Å². The Bertz CT molecular complexity index is 1600. The lowest BCUT2D eigenvalue weighted by atomic mass is 10.2. The van der Waals surface area contributed by atoms with E-state index in [0.717, 1.165) is 34.4 Å². The average Bonchev–Trinajstić information content (AvgIpc) is 3.76. The van der Waals surface area contributed by atoms with Crippen molar-refractivity contribution in [2.45, 2.75) is 37.6 Å². The number of nitrogens with zero attached hydrogens (tertiary/aromatic N) is 6. The lowest BCUT2D eigenvalue weighted by Crippen LogP contribution is -2.15. The molecule has 5 aromatic rings. The minimum Gasteiger partial charge on any atom is -0.310 e. The first-order valence-corrected chi connectivity index (χ1v) is 12.2. The second-order valence-electron chi connectivity index (χ2n) is 9.49. The fraction of sp³-hybridized carbons (Fsp3) is 0.269. The lowest BCUT2D eigenvalue weighted by Gasteiger charge is -2.05. The minimum absolute atomic E-state index is 0.0589. The first kappa shape index (κ1) is 20.6. The monoisotopic (exact) mass is 483 g/mol. The SMILES string of the molecule is O=C(Nc1nccc2nn(Cc3cn4cc(C5CC5)ccc4n3)cc12)C1CC1c1cc(Cl)ccn1. The number of hydrogen-bond donors (Lipinski definition) is 1. The van der Waals surface area contributed by atoms with E-state index in [-0.39, 0.29) is 17.7 Å². The van der Waals surface area contributed by atoms with Gasteiger partial charge in [0.2, 0.25) is 5.91 Å². The summed E-state index contributed by atoms with van der Waals surface area (Å²) in [6.45, 7) is 0.535. The first-order valence-electron chi connectivity index (χ1n) is 11.8. The van der Waals surface area contributed by atoms with Gasteiger partial charge in [-0.25, -0.2) is 9.97 Å². The van der Waals surface area contributed by atoms with Crippen LogP contribution in [0.1, 0.15) is 48.0 Å². The molecule has 5 aromatic heterocycles. The van der Waals surface area contributed by atoms with Crippen molar-refractivity contribution in [3.05, 3.63) is 83.3 Å².